The molecule has 0 unspecified atom stereocenters. The fourth-order valence-corrected chi connectivity index (χ4v) is 0. The summed E-state index contributed by atoms with van der Waals surface area (Å²) in [6, 6.07) is 1.75. The summed E-state index contributed by atoms with van der Waals surface area (Å²) in [6.45, 7) is 3.49. The van der Waals surface area contributed by atoms with Gasteiger partial charge in [-0.1, -0.05) is 0 Å². The summed E-state index contributed by atoms with van der Waals surface area (Å²) in [7, 11) is 0. The second kappa shape index (κ2) is 22.4. The second-order valence-electron chi connectivity index (χ2n) is 1.23. The van der Waals surface area contributed by atoms with Crippen molar-refractivity contribution in [2.24, 2.45) is 0 Å². The molecule has 0 aliphatic rings. The van der Waals surface area contributed by atoms with E-state index >= 15 is 0 Å². The van der Waals surface area contributed by atoms with Crippen molar-refractivity contribution in [2.75, 3.05) is 0 Å². The molecular formula is C6H10NNaO4. The average Bonchev–Trinajstić information content (AvgIpc) is 1.60. The van der Waals surface area contributed by atoms with Crippen molar-refractivity contribution in [3.05, 3.63) is 0 Å². The van der Waals surface area contributed by atoms with Gasteiger partial charge in [-0.3, -0.25) is 4.79 Å². The monoisotopic (exact) mass is 183 g/mol. The molecule has 0 aromatic rings. The third-order valence-electron chi connectivity index (χ3n) is 0. The quantitative estimate of drug-likeness (QED) is 0.391. The molecule has 0 heterocycles. The maximum absolute atomic E-state index is 9.00. The maximum Gasteiger partial charge on any atom is 1.00 e. The summed E-state index contributed by atoms with van der Waals surface area (Å²) in [5.74, 6) is -1.92. The topological polar surface area (TPSA) is 101 Å². The summed E-state index contributed by atoms with van der Waals surface area (Å²) < 4.78 is 0. The van der Waals surface area contributed by atoms with Gasteiger partial charge in [0.1, 0.15) is 0 Å². The molecule has 64 valence electrons. The number of carbonyl (C=O) groups excluding carboxylic acids is 1. The molecule has 0 aliphatic heterocycles. The van der Waals surface area contributed by atoms with Gasteiger partial charge in [0.25, 0.3) is 5.97 Å². The fraction of sp³-hybridized carbons (Fsp3) is 0.500. The smallest absolute Gasteiger partial charge is 0.550 e. The molecule has 0 amide bonds. The van der Waals surface area contributed by atoms with E-state index in [-0.39, 0.29) is 29.6 Å². The van der Waals surface area contributed by atoms with Gasteiger partial charge in [-0.15, -0.1) is 0 Å². The number of carboxylic acids is 2. The Kier molecular flexibility index (Phi) is 42.1. The Morgan fingerprint density at radius 1 is 1.42 bits per heavy atom. The first-order valence-corrected chi connectivity index (χ1v) is 2.56. The Labute approximate surface area is 93.3 Å². The summed E-state index contributed by atoms with van der Waals surface area (Å²) in [5.41, 5.74) is 0. The number of carboxylic acid groups (broad SMARTS) is 2. The third kappa shape index (κ3) is 2060. The van der Waals surface area contributed by atoms with Crippen molar-refractivity contribution < 1.29 is 49.4 Å². The van der Waals surface area contributed by atoms with Crippen LogP contribution in [0.25, 0.3) is 0 Å². The molecule has 5 nitrogen and oxygen atoms in total. The number of hydrogen-bond donors (Lipinski definition) is 1. The fourth-order valence-electron chi connectivity index (χ4n) is 0. The molecule has 0 bridgehead atoms. The summed E-state index contributed by atoms with van der Waals surface area (Å²) >= 11 is 0. The van der Waals surface area contributed by atoms with Gasteiger partial charge in [0.15, 0.2) is 0 Å². The summed E-state index contributed by atoms with van der Waals surface area (Å²) in [6.07, 6.45) is 0. The minimum Gasteiger partial charge on any atom is -0.550 e. The normalized spacial score (nSPS) is 4.83. The molecule has 12 heavy (non-hydrogen) atoms. The minimum absolute atomic E-state index is 0. The first-order chi connectivity index (χ1) is 4.88. The molecule has 0 rings (SSSR count). The molecule has 0 radical (unpaired) electrons. The van der Waals surface area contributed by atoms with Gasteiger partial charge >= 0.3 is 29.6 Å². The Hall–Kier alpha value is -0.570. The van der Waals surface area contributed by atoms with Crippen LogP contribution in [-0.2, 0) is 9.59 Å². The van der Waals surface area contributed by atoms with E-state index in [0.29, 0.717) is 0 Å². The molecule has 0 saturated carbocycles. The number of hydrogen-bond acceptors (Lipinski definition) is 4. The Morgan fingerprint density at radius 3 is 1.42 bits per heavy atom. The van der Waals surface area contributed by atoms with Gasteiger partial charge in [-0.2, -0.15) is 5.26 Å². The van der Waals surface area contributed by atoms with E-state index in [1.807, 2.05) is 0 Å². The van der Waals surface area contributed by atoms with E-state index in [2.05, 4.69) is 0 Å². The van der Waals surface area contributed by atoms with Crippen LogP contribution in [0.5, 0.6) is 0 Å². The minimum atomic E-state index is -1.08. The van der Waals surface area contributed by atoms with Crippen LogP contribution in [0.2, 0.25) is 0 Å². The van der Waals surface area contributed by atoms with Gasteiger partial charge in [-0.05, 0) is 6.92 Å². The first kappa shape index (κ1) is 22.5. The largest absolute Gasteiger partial charge is 1.00 e. The molecule has 0 fully saturated rings. The zero-order chi connectivity index (χ0) is 9.86. The van der Waals surface area contributed by atoms with E-state index in [1.54, 1.807) is 6.07 Å². The van der Waals surface area contributed by atoms with Gasteiger partial charge < -0.3 is 15.0 Å². The van der Waals surface area contributed by atoms with E-state index in [4.69, 9.17) is 25.1 Å². The SMILES string of the molecule is CC#N.CC(=O)O.CC(=O)[O-].[Na+]. The molecular weight excluding hydrogens is 173 g/mol. The Bertz CT molecular complexity index is 132. The number of rotatable bonds is 0. The number of nitriles is 1. The van der Waals surface area contributed by atoms with E-state index in [9.17, 15) is 0 Å². The zero-order valence-corrected chi connectivity index (χ0v) is 9.62. The third-order valence-corrected chi connectivity index (χ3v) is 0. The van der Waals surface area contributed by atoms with Crippen molar-refractivity contribution in [1.29, 1.82) is 5.26 Å². The molecule has 0 aliphatic carbocycles. The van der Waals surface area contributed by atoms with Gasteiger partial charge in [-0.25, -0.2) is 0 Å². The predicted octanol–water partition coefficient (Wildman–Crippen LogP) is -3.62. The van der Waals surface area contributed by atoms with E-state index < -0.39 is 11.9 Å². The maximum atomic E-state index is 9.00. The van der Waals surface area contributed by atoms with E-state index in [1.165, 1.54) is 6.92 Å². The van der Waals surface area contributed by atoms with Gasteiger partial charge in [0.2, 0.25) is 0 Å². The van der Waals surface area contributed by atoms with Gasteiger partial charge in [0, 0.05) is 19.8 Å². The van der Waals surface area contributed by atoms with Crippen LogP contribution in [-0.4, -0.2) is 17.0 Å². The Morgan fingerprint density at radius 2 is 1.42 bits per heavy atom. The molecule has 0 aromatic carbocycles. The molecule has 1 N–H and O–H groups in total. The van der Waals surface area contributed by atoms with Crippen molar-refractivity contribution in [2.45, 2.75) is 20.8 Å². The van der Waals surface area contributed by atoms with Crippen LogP contribution in [0, 0.1) is 11.3 Å². The second-order valence-corrected chi connectivity index (χ2v) is 1.23. The molecule has 0 saturated heterocycles. The number of aliphatic carboxylic acids is 2. The van der Waals surface area contributed by atoms with Crippen molar-refractivity contribution >= 4 is 11.9 Å². The van der Waals surface area contributed by atoms with Crippen molar-refractivity contribution in [3.8, 4) is 6.07 Å². The van der Waals surface area contributed by atoms with Crippen LogP contribution < -0.4 is 34.7 Å². The van der Waals surface area contributed by atoms with Crippen molar-refractivity contribution in [1.82, 2.24) is 0 Å². The summed E-state index contributed by atoms with van der Waals surface area (Å²) in [5, 5.41) is 23.6. The predicted molar refractivity (Wildman–Crippen MR) is 35.3 cm³/mol. The standard InChI is InChI=1S/C2H3N.2C2H4O2.Na/c1-2-3;2*1-2(3)4;/h1H3;2*1H3,(H,3,4);/q;;;+1/p-1. The Balaban J connectivity index is -0.0000000389. The number of nitrogens with zero attached hydrogens (tertiary/aromatic N) is 1. The first-order valence-electron chi connectivity index (χ1n) is 2.56. The molecule has 0 aromatic heterocycles. The number of carbonyl (C=O) groups is 2. The molecule has 6 heteroatoms. The molecule has 0 atom stereocenters. The van der Waals surface area contributed by atoms with Crippen LogP contribution >= 0.6 is 0 Å². The van der Waals surface area contributed by atoms with Crippen LogP contribution in [0.3, 0.4) is 0 Å². The average molecular weight is 183 g/mol. The van der Waals surface area contributed by atoms with Gasteiger partial charge in [0.05, 0.1) is 6.07 Å². The summed E-state index contributed by atoms with van der Waals surface area (Å²) in [4.78, 5) is 17.9. The van der Waals surface area contributed by atoms with E-state index in [0.717, 1.165) is 13.8 Å². The zero-order valence-electron chi connectivity index (χ0n) is 7.62. The molecule has 0 spiro atoms. The van der Waals surface area contributed by atoms with Crippen LogP contribution in [0.15, 0.2) is 0 Å². The van der Waals surface area contributed by atoms with Crippen LogP contribution in [0.4, 0.5) is 0 Å². The van der Waals surface area contributed by atoms with Crippen LogP contribution in [0.1, 0.15) is 20.8 Å². The van der Waals surface area contributed by atoms with Crippen molar-refractivity contribution in [3.63, 3.8) is 0 Å².